The summed E-state index contributed by atoms with van der Waals surface area (Å²) in [5, 5.41) is 3.92. The average Bonchev–Trinajstić information content (AvgIpc) is 2.89. The van der Waals surface area contributed by atoms with Crippen LogP contribution in [-0.2, 0) is 32.2 Å². The lowest BCUT2D eigenvalue weighted by molar-refractivity contribution is -0.170. The molecule has 0 aliphatic carbocycles. The first-order chi connectivity index (χ1) is 17.7. The molecular formula is C30H43N3O4. The molecular weight excluding hydrogens is 466 g/mol. The molecule has 0 heterocycles. The number of hydroxylamine groups is 2. The number of carbonyl (C=O) groups excluding carboxylic acids is 3. The summed E-state index contributed by atoms with van der Waals surface area (Å²) in [5.41, 5.74) is 3.50. The number of unbranched alkanes of at least 4 members (excludes halogenated alkanes) is 1. The Morgan fingerprint density at radius 1 is 0.946 bits per heavy atom. The van der Waals surface area contributed by atoms with Gasteiger partial charge in [-0.3, -0.25) is 19.2 Å². The number of rotatable bonds is 15. The Morgan fingerprint density at radius 3 is 2.27 bits per heavy atom. The van der Waals surface area contributed by atoms with Gasteiger partial charge in [0.25, 0.3) is 0 Å². The molecule has 2 aromatic carbocycles. The van der Waals surface area contributed by atoms with Gasteiger partial charge in [-0.15, -0.1) is 0 Å². The van der Waals surface area contributed by atoms with Crippen LogP contribution >= 0.6 is 0 Å². The number of hydrogen-bond donors (Lipinski definition) is 1. The van der Waals surface area contributed by atoms with Crippen molar-refractivity contribution in [1.29, 1.82) is 0 Å². The second kappa shape index (κ2) is 15.8. The van der Waals surface area contributed by atoms with Gasteiger partial charge in [-0.05, 0) is 41.9 Å². The van der Waals surface area contributed by atoms with Crippen LogP contribution in [0.1, 0.15) is 63.1 Å². The molecule has 0 aliphatic heterocycles. The van der Waals surface area contributed by atoms with Crippen LogP contribution in [0.15, 0.2) is 54.6 Å². The van der Waals surface area contributed by atoms with E-state index < -0.39 is 5.92 Å². The first-order valence-electron chi connectivity index (χ1n) is 13.2. The van der Waals surface area contributed by atoms with Crippen LogP contribution < -0.4 is 5.32 Å². The zero-order valence-corrected chi connectivity index (χ0v) is 23.0. The molecule has 0 saturated heterocycles. The zero-order chi connectivity index (χ0) is 27.2. The molecule has 3 amide bonds. The van der Waals surface area contributed by atoms with Crippen molar-refractivity contribution in [3.8, 4) is 0 Å². The minimum atomic E-state index is -0.517. The maximum atomic E-state index is 13.2. The molecule has 202 valence electrons. The van der Waals surface area contributed by atoms with E-state index in [1.165, 1.54) is 25.3 Å². The minimum absolute atomic E-state index is 0.0380. The topological polar surface area (TPSA) is 79.0 Å². The molecule has 37 heavy (non-hydrogen) atoms. The SMILES string of the molecule is CCCCN(Cc1cccc(Cc2ccccc2)c1)C(=O)CNC(=O)C(CC(=O)N(C)OC)CC(C)C. The molecule has 0 bridgehead atoms. The fourth-order valence-electron chi connectivity index (χ4n) is 4.24. The molecule has 0 radical (unpaired) electrons. The molecule has 0 fully saturated rings. The summed E-state index contributed by atoms with van der Waals surface area (Å²) in [6, 6.07) is 18.6. The lowest BCUT2D eigenvalue weighted by Gasteiger charge is -2.25. The summed E-state index contributed by atoms with van der Waals surface area (Å²) in [5.74, 6) is -0.957. The summed E-state index contributed by atoms with van der Waals surface area (Å²) >= 11 is 0. The van der Waals surface area contributed by atoms with E-state index in [1.54, 1.807) is 0 Å². The normalized spacial score (nSPS) is 11.7. The van der Waals surface area contributed by atoms with Crippen LogP contribution in [0.5, 0.6) is 0 Å². The van der Waals surface area contributed by atoms with Crippen LogP contribution in [0, 0.1) is 11.8 Å². The van der Waals surface area contributed by atoms with E-state index >= 15 is 0 Å². The molecule has 1 N–H and O–H groups in total. The van der Waals surface area contributed by atoms with E-state index in [2.05, 4.69) is 36.5 Å². The van der Waals surface area contributed by atoms with E-state index in [0.29, 0.717) is 19.5 Å². The maximum Gasteiger partial charge on any atom is 0.246 e. The van der Waals surface area contributed by atoms with E-state index in [9.17, 15) is 14.4 Å². The highest BCUT2D eigenvalue weighted by atomic mass is 16.7. The Kier molecular flexibility index (Phi) is 12.8. The van der Waals surface area contributed by atoms with Crippen LogP contribution in [0.25, 0.3) is 0 Å². The quantitative estimate of drug-likeness (QED) is 0.356. The Bertz CT molecular complexity index is 993. The van der Waals surface area contributed by atoms with Gasteiger partial charge in [0.05, 0.1) is 13.7 Å². The standard InChI is InChI=1S/C30H43N3O4/c1-6-7-16-33(22-26-15-11-14-25(19-26)18-24-12-9-8-10-13-24)29(35)21-31-30(36)27(17-23(2)3)20-28(34)32(4)37-5/h8-15,19,23,27H,6-7,16-18,20-22H2,1-5H3,(H,31,36). The third-order valence-corrected chi connectivity index (χ3v) is 6.34. The van der Waals surface area contributed by atoms with Crippen molar-refractivity contribution >= 4 is 17.7 Å². The Morgan fingerprint density at radius 2 is 1.62 bits per heavy atom. The van der Waals surface area contributed by atoms with Crippen molar-refractivity contribution in [2.45, 2.75) is 59.4 Å². The molecule has 1 unspecified atom stereocenters. The molecule has 2 rings (SSSR count). The predicted molar refractivity (Wildman–Crippen MR) is 146 cm³/mol. The van der Waals surface area contributed by atoms with E-state index in [0.717, 1.165) is 29.9 Å². The Balaban J connectivity index is 2.04. The van der Waals surface area contributed by atoms with Gasteiger partial charge < -0.3 is 10.2 Å². The van der Waals surface area contributed by atoms with E-state index in [4.69, 9.17) is 4.84 Å². The van der Waals surface area contributed by atoms with Crippen molar-refractivity contribution < 1.29 is 19.2 Å². The third-order valence-electron chi connectivity index (χ3n) is 6.34. The van der Waals surface area contributed by atoms with E-state index in [1.807, 2.05) is 49.1 Å². The summed E-state index contributed by atoms with van der Waals surface area (Å²) in [6.45, 7) is 7.14. The lowest BCUT2D eigenvalue weighted by atomic mass is 9.93. The van der Waals surface area contributed by atoms with Gasteiger partial charge in [-0.2, -0.15) is 0 Å². The first kappa shape index (κ1) is 30.0. The average molecular weight is 510 g/mol. The van der Waals surface area contributed by atoms with Crippen molar-refractivity contribution in [3.63, 3.8) is 0 Å². The van der Waals surface area contributed by atoms with Gasteiger partial charge in [0, 0.05) is 32.5 Å². The fourth-order valence-corrected chi connectivity index (χ4v) is 4.24. The number of nitrogens with one attached hydrogen (secondary N) is 1. The maximum absolute atomic E-state index is 13.2. The summed E-state index contributed by atoms with van der Waals surface area (Å²) in [4.78, 5) is 45.2. The Labute approximate surface area is 222 Å². The largest absolute Gasteiger partial charge is 0.347 e. The molecule has 0 spiro atoms. The predicted octanol–water partition coefficient (Wildman–Crippen LogP) is 4.59. The van der Waals surface area contributed by atoms with Gasteiger partial charge in [0.15, 0.2) is 0 Å². The highest BCUT2D eigenvalue weighted by Gasteiger charge is 2.26. The monoisotopic (exact) mass is 509 g/mol. The van der Waals surface area contributed by atoms with Crippen LogP contribution in [0.2, 0.25) is 0 Å². The summed E-state index contributed by atoms with van der Waals surface area (Å²) in [6.07, 6.45) is 3.28. The van der Waals surface area contributed by atoms with E-state index in [-0.39, 0.29) is 36.6 Å². The molecule has 2 aromatic rings. The third kappa shape index (κ3) is 10.8. The van der Waals surface area contributed by atoms with Crippen molar-refractivity contribution in [2.24, 2.45) is 11.8 Å². The zero-order valence-electron chi connectivity index (χ0n) is 23.0. The Hall–Kier alpha value is -3.19. The summed E-state index contributed by atoms with van der Waals surface area (Å²) < 4.78 is 0. The van der Waals surface area contributed by atoms with Gasteiger partial charge in [0.1, 0.15) is 0 Å². The fraction of sp³-hybridized carbons (Fsp3) is 0.500. The van der Waals surface area contributed by atoms with Crippen LogP contribution in [-0.4, -0.2) is 54.9 Å². The lowest BCUT2D eigenvalue weighted by Crippen LogP contribution is -2.43. The number of nitrogens with zero attached hydrogens (tertiary/aromatic N) is 2. The molecule has 0 aromatic heterocycles. The molecule has 7 heteroatoms. The van der Waals surface area contributed by atoms with Crippen molar-refractivity contribution in [1.82, 2.24) is 15.3 Å². The van der Waals surface area contributed by atoms with Crippen LogP contribution in [0.3, 0.4) is 0 Å². The highest BCUT2D eigenvalue weighted by molar-refractivity contribution is 5.88. The van der Waals surface area contributed by atoms with Gasteiger partial charge in [-0.25, -0.2) is 5.06 Å². The number of benzene rings is 2. The van der Waals surface area contributed by atoms with Crippen LogP contribution in [0.4, 0.5) is 0 Å². The van der Waals surface area contributed by atoms with Gasteiger partial charge >= 0.3 is 0 Å². The first-order valence-corrected chi connectivity index (χ1v) is 13.2. The van der Waals surface area contributed by atoms with Gasteiger partial charge in [0.2, 0.25) is 17.7 Å². The van der Waals surface area contributed by atoms with Crippen molar-refractivity contribution in [3.05, 3.63) is 71.3 Å². The molecule has 7 nitrogen and oxygen atoms in total. The smallest absolute Gasteiger partial charge is 0.246 e. The number of hydrogen-bond acceptors (Lipinski definition) is 4. The number of carbonyl (C=O) groups is 3. The minimum Gasteiger partial charge on any atom is -0.347 e. The van der Waals surface area contributed by atoms with Crippen molar-refractivity contribution in [2.75, 3.05) is 27.2 Å². The molecule has 0 saturated carbocycles. The second-order valence-electron chi connectivity index (χ2n) is 9.97. The number of amides is 3. The highest BCUT2D eigenvalue weighted by Crippen LogP contribution is 2.18. The molecule has 1 atom stereocenters. The van der Waals surface area contributed by atoms with Gasteiger partial charge in [-0.1, -0.05) is 81.8 Å². The second-order valence-corrected chi connectivity index (χ2v) is 9.97. The molecule has 0 aliphatic rings. The summed E-state index contributed by atoms with van der Waals surface area (Å²) in [7, 11) is 2.94.